The number of aromatic nitrogens is 2. The Labute approximate surface area is 126 Å². The summed E-state index contributed by atoms with van der Waals surface area (Å²) in [6.45, 7) is 0.772. The lowest BCUT2D eigenvalue weighted by molar-refractivity contribution is 0.684. The molecule has 104 valence electrons. The summed E-state index contributed by atoms with van der Waals surface area (Å²) in [4.78, 5) is 4.39. The molecule has 2 aromatic heterocycles. The number of thiazole rings is 1. The van der Waals surface area contributed by atoms with Gasteiger partial charge in [0.05, 0.1) is 29.4 Å². The highest BCUT2D eigenvalue weighted by Gasteiger charge is 2.26. The van der Waals surface area contributed by atoms with Crippen molar-refractivity contribution >= 4 is 22.2 Å². The minimum absolute atomic E-state index is 0.187. The van der Waals surface area contributed by atoms with E-state index in [1.165, 1.54) is 22.2 Å². The topological polar surface area (TPSA) is 67.6 Å². The number of benzene rings is 1. The molecule has 0 unspecified atom stereocenters. The van der Waals surface area contributed by atoms with Crippen LogP contribution in [0.5, 0.6) is 0 Å². The van der Waals surface area contributed by atoms with E-state index in [0.717, 1.165) is 25.1 Å². The summed E-state index contributed by atoms with van der Waals surface area (Å²) in [6.07, 6.45) is 1.79. The average Bonchev–Trinajstić information content (AvgIpc) is 3.18. The molecule has 2 heterocycles. The van der Waals surface area contributed by atoms with Gasteiger partial charge in [0.1, 0.15) is 0 Å². The molecule has 4 nitrogen and oxygen atoms in total. The second-order valence-electron chi connectivity index (χ2n) is 5.50. The molecular weight excluding hydrogens is 280 g/mol. The van der Waals surface area contributed by atoms with Gasteiger partial charge in [0, 0.05) is 34.4 Å². The molecule has 0 bridgehead atoms. The standard InChI is InChI=1S/C16H14N4S/c17-6-10-1-2-15-13(3-10)14-4-11(18)5-16(14)20(15)7-12-8-21-9-19-12/h1-3,8-9,11H,4-5,7,18H2/t11-/m1/s1. The summed E-state index contributed by atoms with van der Waals surface area (Å²) in [5.74, 6) is 0. The maximum Gasteiger partial charge on any atom is 0.0991 e. The Bertz CT molecular complexity index is 855. The van der Waals surface area contributed by atoms with E-state index in [9.17, 15) is 0 Å². The van der Waals surface area contributed by atoms with E-state index in [1.807, 2.05) is 23.7 Å². The third kappa shape index (κ3) is 1.96. The predicted octanol–water partition coefficient (Wildman–Crippen LogP) is 2.44. The van der Waals surface area contributed by atoms with Crippen LogP contribution in [0.15, 0.2) is 29.1 Å². The smallest absolute Gasteiger partial charge is 0.0991 e. The summed E-state index contributed by atoms with van der Waals surface area (Å²) in [5, 5.41) is 12.4. The van der Waals surface area contributed by atoms with Crippen LogP contribution in [0.3, 0.4) is 0 Å². The molecule has 0 saturated carbocycles. The van der Waals surface area contributed by atoms with Crippen molar-refractivity contribution in [2.75, 3.05) is 0 Å². The lowest BCUT2D eigenvalue weighted by Crippen LogP contribution is -2.20. The lowest BCUT2D eigenvalue weighted by atomic mass is 10.1. The molecule has 4 rings (SSSR count). The maximum atomic E-state index is 9.12. The molecule has 0 saturated heterocycles. The fourth-order valence-electron chi connectivity index (χ4n) is 3.25. The number of hydrogen-bond acceptors (Lipinski definition) is 4. The first kappa shape index (κ1) is 12.6. The summed E-state index contributed by atoms with van der Waals surface area (Å²) in [5.41, 5.74) is 13.6. The molecule has 0 amide bonds. The molecule has 1 aliphatic rings. The van der Waals surface area contributed by atoms with Crippen molar-refractivity contribution < 1.29 is 0 Å². The Morgan fingerprint density at radius 1 is 1.43 bits per heavy atom. The minimum atomic E-state index is 0.187. The Morgan fingerprint density at radius 3 is 3.10 bits per heavy atom. The van der Waals surface area contributed by atoms with E-state index < -0.39 is 0 Å². The quantitative estimate of drug-likeness (QED) is 0.789. The van der Waals surface area contributed by atoms with Crippen LogP contribution in [0.4, 0.5) is 0 Å². The van der Waals surface area contributed by atoms with Crippen LogP contribution in [0.2, 0.25) is 0 Å². The number of nitrogens with two attached hydrogens (primary N) is 1. The summed E-state index contributed by atoms with van der Waals surface area (Å²) >= 11 is 1.61. The molecule has 1 aliphatic carbocycles. The van der Waals surface area contributed by atoms with E-state index >= 15 is 0 Å². The number of hydrogen-bond donors (Lipinski definition) is 1. The van der Waals surface area contributed by atoms with Gasteiger partial charge in [-0.05, 0) is 30.2 Å². The summed E-state index contributed by atoms with van der Waals surface area (Å²) < 4.78 is 2.31. The Balaban J connectivity index is 1.93. The number of nitrogens with zero attached hydrogens (tertiary/aromatic N) is 3. The van der Waals surface area contributed by atoms with Gasteiger partial charge in [0.2, 0.25) is 0 Å². The normalized spacial score (nSPS) is 17.0. The molecule has 5 heteroatoms. The van der Waals surface area contributed by atoms with E-state index in [-0.39, 0.29) is 6.04 Å². The first-order valence-electron chi connectivity index (χ1n) is 6.93. The largest absolute Gasteiger partial charge is 0.338 e. The number of rotatable bonds is 2. The van der Waals surface area contributed by atoms with Crippen LogP contribution in [0.1, 0.15) is 22.5 Å². The summed E-state index contributed by atoms with van der Waals surface area (Å²) in [6, 6.07) is 8.33. The monoisotopic (exact) mass is 294 g/mol. The number of fused-ring (bicyclic) bond motifs is 3. The van der Waals surface area contributed by atoms with Crippen LogP contribution in [0, 0.1) is 11.3 Å². The summed E-state index contributed by atoms with van der Waals surface area (Å²) in [7, 11) is 0. The average molecular weight is 294 g/mol. The lowest BCUT2D eigenvalue weighted by Gasteiger charge is -2.09. The van der Waals surface area contributed by atoms with Crippen LogP contribution >= 0.6 is 11.3 Å². The first-order valence-corrected chi connectivity index (χ1v) is 7.87. The van der Waals surface area contributed by atoms with E-state index in [2.05, 4.69) is 21.0 Å². The molecule has 0 spiro atoms. The van der Waals surface area contributed by atoms with Crippen molar-refractivity contribution in [2.45, 2.75) is 25.4 Å². The van der Waals surface area contributed by atoms with Gasteiger partial charge in [0.15, 0.2) is 0 Å². The highest BCUT2D eigenvalue weighted by molar-refractivity contribution is 7.07. The second kappa shape index (κ2) is 4.69. The minimum Gasteiger partial charge on any atom is -0.338 e. The van der Waals surface area contributed by atoms with Gasteiger partial charge in [-0.25, -0.2) is 4.98 Å². The molecule has 0 fully saturated rings. The van der Waals surface area contributed by atoms with Crippen molar-refractivity contribution in [3.63, 3.8) is 0 Å². The van der Waals surface area contributed by atoms with Crippen molar-refractivity contribution in [1.29, 1.82) is 5.26 Å². The third-order valence-corrected chi connectivity index (χ3v) is 4.78. The van der Waals surface area contributed by atoms with Crippen molar-refractivity contribution in [1.82, 2.24) is 9.55 Å². The Kier molecular flexibility index (Phi) is 2.81. The van der Waals surface area contributed by atoms with Gasteiger partial charge in [-0.1, -0.05) is 0 Å². The molecular formula is C16H14N4S. The molecule has 0 aliphatic heterocycles. The zero-order valence-electron chi connectivity index (χ0n) is 11.4. The van der Waals surface area contributed by atoms with Crippen LogP contribution in [-0.2, 0) is 19.4 Å². The first-order chi connectivity index (χ1) is 10.3. The highest BCUT2D eigenvalue weighted by Crippen LogP contribution is 2.33. The molecule has 2 N–H and O–H groups in total. The van der Waals surface area contributed by atoms with E-state index in [4.69, 9.17) is 11.0 Å². The van der Waals surface area contributed by atoms with Gasteiger partial charge >= 0.3 is 0 Å². The fraction of sp³-hybridized carbons (Fsp3) is 0.250. The van der Waals surface area contributed by atoms with Crippen molar-refractivity contribution in [3.8, 4) is 6.07 Å². The molecule has 3 aromatic rings. The van der Waals surface area contributed by atoms with Gasteiger partial charge in [-0.2, -0.15) is 5.26 Å². The number of nitriles is 1. The third-order valence-electron chi connectivity index (χ3n) is 4.14. The van der Waals surface area contributed by atoms with Crippen LogP contribution in [0.25, 0.3) is 10.9 Å². The zero-order chi connectivity index (χ0) is 14.4. The van der Waals surface area contributed by atoms with E-state index in [1.54, 1.807) is 11.3 Å². The van der Waals surface area contributed by atoms with Gasteiger partial charge in [-0.15, -0.1) is 11.3 Å². The molecule has 1 atom stereocenters. The zero-order valence-corrected chi connectivity index (χ0v) is 12.2. The van der Waals surface area contributed by atoms with Crippen LogP contribution in [-0.4, -0.2) is 15.6 Å². The fourth-order valence-corrected chi connectivity index (χ4v) is 3.80. The van der Waals surface area contributed by atoms with Crippen LogP contribution < -0.4 is 5.73 Å². The Hall–Kier alpha value is -2.16. The molecule has 21 heavy (non-hydrogen) atoms. The van der Waals surface area contributed by atoms with Gasteiger partial charge in [0.25, 0.3) is 0 Å². The molecule has 1 aromatic carbocycles. The van der Waals surface area contributed by atoms with Crippen molar-refractivity contribution in [2.24, 2.45) is 5.73 Å². The SMILES string of the molecule is N#Cc1ccc2c(c1)c1c(n2Cc2cscn2)C[C@H](N)C1. The van der Waals surface area contributed by atoms with Gasteiger partial charge < -0.3 is 10.3 Å². The van der Waals surface area contributed by atoms with E-state index in [0.29, 0.717) is 5.56 Å². The second-order valence-corrected chi connectivity index (χ2v) is 6.22. The van der Waals surface area contributed by atoms with Gasteiger partial charge in [-0.3, -0.25) is 0 Å². The Morgan fingerprint density at radius 2 is 2.33 bits per heavy atom. The van der Waals surface area contributed by atoms with Crippen molar-refractivity contribution in [3.05, 3.63) is 51.6 Å². The predicted molar refractivity (Wildman–Crippen MR) is 83.3 cm³/mol. The highest BCUT2D eigenvalue weighted by atomic mass is 32.1. The molecule has 0 radical (unpaired) electrons. The maximum absolute atomic E-state index is 9.12.